The van der Waals surface area contributed by atoms with E-state index in [0.29, 0.717) is 5.75 Å². The maximum Gasteiger partial charge on any atom is 0.166 e. The molecule has 2 N–H and O–H groups in total. The van der Waals surface area contributed by atoms with Crippen LogP contribution < -0.4 is 0 Å². The second-order valence-electron chi connectivity index (χ2n) is 4.30. The summed E-state index contributed by atoms with van der Waals surface area (Å²) in [6.07, 6.45) is -0.473. The SMILES string of the molecule is OC(CSc1nc2ccccc2[nH]1)c1ccccc1. The highest BCUT2D eigenvalue weighted by Crippen LogP contribution is 2.24. The highest BCUT2D eigenvalue weighted by atomic mass is 32.2. The van der Waals surface area contributed by atoms with E-state index in [9.17, 15) is 5.11 Å². The summed E-state index contributed by atoms with van der Waals surface area (Å²) in [6, 6.07) is 17.6. The highest BCUT2D eigenvalue weighted by molar-refractivity contribution is 7.99. The Bertz CT molecular complexity index is 633. The molecular formula is C15H14N2OS. The van der Waals surface area contributed by atoms with Crippen molar-refractivity contribution in [2.24, 2.45) is 0 Å². The Hall–Kier alpha value is -1.78. The zero-order valence-electron chi connectivity index (χ0n) is 10.3. The number of hydrogen-bond donors (Lipinski definition) is 2. The van der Waals surface area contributed by atoms with E-state index < -0.39 is 6.10 Å². The van der Waals surface area contributed by atoms with E-state index in [0.717, 1.165) is 21.8 Å². The summed E-state index contributed by atoms with van der Waals surface area (Å²) in [4.78, 5) is 7.72. The largest absolute Gasteiger partial charge is 0.388 e. The van der Waals surface area contributed by atoms with E-state index in [2.05, 4.69) is 9.97 Å². The Morgan fingerprint density at radius 1 is 1.05 bits per heavy atom. The van der Waals surface area contributed by atoms with Crippen LogP contribution in [-0.4, -0.2) is 20.8 Å². The molecule has 0 bridgehead atoms. The van der Waals surface area contributed by atoms with Crippen LogP contribution in [0.25, 0.3) is 11.0 Å². The number of benzene rings is 2. The van der Waals surface area contributed by atoms with Gasteiger partial charge in [-0.3, -0.25) is 0 Å². The van der Waals surface area contributed by atoms with E-state index in [1.807, 2.05) is 54.6 Å². The first-order chi connectivity index (χ1) is 9.33. The van der Waals surface area contributed by atoms with Crippen LogP contribution >= 0.6 is 11.8 Å². The van der Waals surface area contributed by atoms with Crippen molar-refractivity contribution in [1.82, 2.24) is 9.97 Å². The van der Waals surface area contributed by atoms with Crippen molar-refractivity contribution in [3.63, 3.8) is 0 Å². The molecular weight excluding hydrogens is 256 g/mol. The van der Waals surface area contributed by atoms with E-state index in [1.165, 1.54) is 11.8 Å². The first kappa shape index (κ1) is 12.3. The van der Waals surface area contributed by atoms with Crippen molar-refractivity contribution >= 4 is 22.8 Å². The van der Waals surface area contributed by atoms with Crippen molar-refractivity contribution in [2.75, 3.05) is 5.75 Å². The number of aromatic amines is 1. The number of fused-ring (bicyclic) bond motifs is 1. The van der Waals surface area contributed by atoms with Crippen molar-refractivity contribution in [1.29, 1.82) is 0 Å². The summed E-state index contributed by atoms with van der Waals surface area (Å²) in [7, 11) is 0. The molecule has 4 heteroatoms. The monoisotopic (exact) mass is 270 g/mol. The number of aliphatic hydroxyl groups is 1. The predicted molar refractivity (Wildman–Crippen MR) is 78.2 cm³/mol. The maximum absolute atomic E-state index is 10.1. The third kappa shape index (κ3) is 2.80. The first-order valence-corrected chi connectivity index (χ1v) is 7.12. The van der Waals surface area contributed by atoms with Crippen LogP contribution in [-0.2, 0) is 0 Å². The fourth-order valence-corrected chi connectivity index (χ4v) is 2.78. The summed E-state index contributed by atoms with van der Waals surface area (Å²) in [6.45, 7) is 0. The molecule has 1 atom stereocenters. The lowest BCUT2D eigenvalue weighted by atomic mass is 10.1. The third-order valence-corrected chi connectivity index (χ3v) is 3.88. The lowest BCUT2D eigenvalue weighted by Crippen LogP contribution is -2.00. The summed E-state index contributed by atoms with van der Waals surface area (Å²) in [5.74, 6) is 0.587. The van der Waals surface area contributed by atoms with E-state index in [1.54, 1.807) is 0 Å². The standard InChI is InChI=1S/C15H14N2OS/c18-14(11-6-2-1-3-7-11)10-19-15-16-12-8-4-5-9-13(12)17-15/h1-9,14,18H,10H2,(H,16,17). The molecule has 0 fully saturated rings. The number of aromatic nitrogens is 2. The fraction of sp³-hybridized carbons (Fsp3) is 0.133. The number of thioether (sulfide) groups is 1. The van der Waals surface area contributed by atoms with Crippen LogP contribution in [0.15, 0.2) is 59.8 Å². The highest BCUT2D eigenvalue weighted by Gasteiger charge is 2.09. The van der Waals surface area contributed by atoms with Crippen LogP contribution in [0, 0.1) is 0 Å². The second kappa shape index (κ2) is 5.47. The number of nitrogens with one attached hydrogen (secondary N) is 1. The van der Waals surface area contributed by atoms with Gasteiger partial charge in [-0.15, -0.1) is 0 Å². The molecule has 3 nitrogen and oxygen atoms in total. The molecule has 3 aromatic rings. The summed E-state index contributed by atoms with van der Waals surface area (Å²) in [5.41, 5.74) is 2.92. The zero-order chi connectivity index (χ0) is 13.1. The normalized spacial score (nSPS) is 12.7. The molecule has 0 saturated heterocycles. The van der Waals surface area contributed by atoms with Crippen LogP contribution in [0.3, 0.4) is 0 Å². The van der Waals surface area contributed by atoms with Gasteiger partial charge in [0.05, 0.1) is 17.1 Å². The van der Waals surface area contributed by atoms with Crippen LogP contribution in [0.1, 0.15) is 11.7 Å². The Balaban J connectivity index is 1.69. The molecule has 0 aliphatic heterocycles. The summed E-state index contributed by atoms with van der Waals surface area (Å²) in [5, 5.41) is 10.9. The maximum atomic E-state index is 10.1. The van der Waals surface area contributed by atoms with Gasteiger partial charge in [-0.05, 0) is 17.7 Å². The van der Waals surface area contributed by atoms with Gasteiger partial charge in [-0.2, -0.15) is 0 Å². The quantitative estimate of drug-likeness (QED) is 0.714. The Labute approximate surface area is 115 Å². The number of para-hydroxylation sites is 2. The van der Waals surface area contributed by atoms with Gasteiger partial charge in [0, 0.05) is 5.75 Å². The second-order valence-corrected chi connectivity index (χ2v) is 5.31. The number of rotatable bonds is 4. The molecule has 0 aliphatic carbocycles. The topological polar surface area (TPSA) is 48.9 Å². The smallest absolute Gasteiger partial charge is 0.166 e. The average molecular weight is 270 g/mol. The van der Waals surface area contributed by atoms with E-state index in [4.69, 9.17) is 0 Å². The molecule has 0 saturated carbocycles. The minimum absolute atomic E-state index is 0.473. The Kier molecular flexibility index (Phi) is 3.53. The number of hydrogen-bond acceptors (Lipinski definition) is 3. The van der Waals surface area contributed by atoms with Crippen LogP contribution in [0.5, 0.6) is 0 Å². The van der Waals surface area contributed by atoms with Gasteiger partial charge in [0.2, 0.25) is 0 Å². The number of imidazole rings is 1. The minimum atomic E-state index is -0.473. The van der Waals surface area contributed by atoms with Gasteiger partial charge in [0.25, 0.3) is 0 Å². The molecule has 1 aromatic heterocycles. The third-order valence-electron chi connectivity index (χ3n) is 2.93. The van der Waals surface area contributed by atoms with Gasteiger partial charge < -0.3 is 10.1 Å². The number of aliphatic hydroxyl groups excluding tert-OH is 1. The van der Waals surface area contributed by atoms with Gasteiger partial charge in [-0.25, -0.2) is 4.98 Å². The number of nitrogens with zero attached hydrogens (tertiary/aromatic N) is 1. The molecule has 19 heavy (non-hydrogen) atoms. The van der Waals surface area contributed by atoms with Crippen molar-refractivity contribution in [2.45, 2.75) is 11.3 Å². The van der Waals surface area contributed by atoms with Crippen LogP contribution in [0.4, 0.5) is 0 Å². The summed E-state index contributed by atoms with van der Waals surface area (Å²) < 4.78 is 0. The molecule has 0 spiro atoms. The van der Waals surface area contributed by atoms with Gasteiger partial charge >= 0.3 is 0 Å². The van der Waals surface area contributed by atoms with E-state index >= 15 is 0 Å². The molecule has 1 heterocycles. The molecule has 2 aromatic carbocycles. The Morgan fingerprint density at radius 3 is 2.58 bits per heavy atom. The van der Waals surface area contributed by atoms with Crippen LogP contribution in [0.2, 0.25) is 0 Å². The predicted octanol–water partition coefficient (Wildman–Crippen LogP) is 3.39. The molecule has 1 unspecified atom stereocenters. The molecule has 0 radical (unpaired) electrons. The van der Waals surface area contributed by atoms with E-state index in [-0.39, 0.29) is 0 Å². The lowest BCUT2D eigenvalue weighted by molar-refractivity contribution is 0.204. The number of H-pyrrole nitrogens is 1. The fourth-order valence-electron chi connectivity index (χ4n) is 1.93. The first-order valence-electron chi connectivity index (χ1n) is 6.13. The van der Waals surface area contributed by atoms with Gasteiger partial charge in [0.15, 0.2) is 5.16 Å². The molecule has 0 aliphatic rings. The molecule has 96 valence electrons. The van der Waals surface area contributed by atoms with Crippen molar-refractivity contribution in [3.05, 3.63) is 60.2 Å². The summed E-state index contributed by atoms with van der Waals surface area (Å²) >= 11 is 1.53. The molecule has 3 rings (SSSR count). The lowest BCUT2D eigenvalue weighted by Gasteiger charge is -2.08. The zero-order valence-corrected chi connectivity index (χ0v) is 11.1. The van der Waals surface area contributed by atoms with Crippen molar-refractivity contribution in [3.8, 4) is 0 Å². The average Bonchev–Trinajstić information content (AvgIpc) is 2.88. The molecule has 0 amide bonds. The van der Waals surface area contributed by atoms with Gasteiger partial charge in [0.1, 0.15) is 0 Å². The minimum Gasteiger partial charge on any atom is -0.388 e. The van der Waals surface area contributed by atoms with Gasteiger partial charge in [-0.1, -0.05) is 54.2 Å². The van der Waals surface area contributed by atoms with Crippen molar-refractivity contribution < 1.29 is 5.11 Å². The Morgan fingerprint density at radius 2 is 1.79 bits per heavy atom.